The highest BCUT2D eigenvalue weighted by Gasteiger charge is 2.04. The van der Waals surface area contributed by atoms with Gasteiger partial charge in [-0.2, -0.15) is 0 Å². The molecule has 1 aromatic rings. The second kappa shape index (κ2) is 3.45. The van der Waals surface area contributed by atoms with Gasteiger partial charge in [-0.05, 0) is 6.07 Å². The Hall–Kier alpha value is -1.22. The van der Waals surface area contributed by atoms with Crippen LogP contribution < -0.4 is 5.73 Å². The molecular weight excluding hydrogens is 168 g/mol. The molecule has 0 aliphatic carbocycles. The van der Waals surface area contributed by atoms with E-state index in [0.29, 0.717) is 16.2 Å². The van der Waals surface area contributed by atoms with Crippen molar-refractivity contribution in [1.29, 1.82) is 5.41 Å². The first-order chi connectivity index (χ1) is 5.63. The Morgan fingerprint density at radius 1 is 1.42 bits per heavy atom. The molecule has 3 heteroatoms. The van der Waals surface area contributed by atoms with Crippen LogP contribution in [0.5, 0.6) is 0 Å². The molecule has 0 radical (unpaired) electrons. The zero-order valence-electron chi connectivity index (χ0n) is 6.54. The highest BCUT2D eigenvalue weighted by molar-refractivity contribution is 7.85. The Morgan fingerprint density at radius 2 is 2.00 bits per heavy atom. The maximum atomic E-state index is 7.57. The molecule has 0 aliphatic heterocycles. The maximum Gasteiger partial charge on any atom is 0.0760 e. The second-order valence-electron chi connectivity index (χ2n) is 2.41. The van der Waals surface area contributed by atoms with E-state index in [2.05, 4.69) is 19.2 Å². The lowest BCUT2D eigenvalue weighted by Crippen LogP contribution is -2.02. The van der Waals surface area contributed by atoms with Crippen molar-refractivity contribution in [3.8, 4) is 0 Å². The Labute approximate surface area is 77.0 Å². The SMILES string of the molecule is C=C(S)C(=N)c1ccccc1N. The first-order valence-corrected chi connectivity index (χ1v) is 3.89. The third kappa shape index (κ3) is 1.68. The fourth-order valence-corrected chi connectivity index (χ4v) is 1.00. The molecule has 0 heterocycles. The molecule has 12 heavy (non-hydrogen) atoms. The molecule has 1 rings (SSSR count). The molecule has 0 bridgehead atoms. The molecule has 62 valence electrons. The van der Waals surface area contributed by atoms with Crippen molar-refractivity contribution in [2.45, 2.75) is 0 Å². The zero-order valence-corrected chi connectivity index (χ0v) is 7.44. The number of thiol groups is 1. The summed E-state index contributed by atoms with van der Waals surface area (Å²) < 4.78 is 0. The number of nitrogen functional groups attached to an aromatic ring is 1. The van der Waals surface area contributed by atoms with Gasteiger partial charge in [0, 0.05) is 16.2 Å². The molecule has 1 aromatic carbocycles. The molecule has 0 saturated carbocycles. The van der Waals surface area contributed by atoms with Crippen molar-refractivity contribution >= 4 is 24.0 Å². The maximum absolute atomic E-state index is 7.57. The standard InChI is InChI=1S/C9H10N2S/c1-6(12)9(11)7-4-2-3-5-8(7)10/h2-5,11-12H,1,10H2. The molecule has 0 saturated heterocycles. The Morgan fingerprint density at radius 3 is 2.50 bits per heavy atom. The number of anilines is 1. The normalized spacial score (nSPS) is 9.42. The smallest absolute Gasteiger partial charge is 0.0760 e. The van der Waals surface area contributed by atoms with E-state index in [0.717, 1.165) is 0 Å². The number of allylic oxidation sites excluding steroid dienone is 1. The summed E-state index contributed by atoms with van der Waals surface area (Å²) in [6.45, 7) is 3.56. The Balaban J connectivity index is 3.11. The first-order valence-electron chi connectivity index (χ1n) is 3.44. The van der Waals surface area contributed by atoms with E-state index in [9.17, 15) is 0 Å². The molecule has 0 aliphatic rings. The van der Waals surface area contributed by atoms with E-state index >= 15 is 0 Å². The molecule has 0 spiro atoms. The molecule has 0 amide bonds. The van der Waals surface area contributed by atoms with Crippen molar-refractivity contribution in [2.75, 3.05) is 5.73 Å². The number of nitrogens with two attached hydrogens (primary N) is 1. The highest BCUT2D eigenvalue weighted by atomic mass is 32.1. The van der Waals surface area contributed by atoms with E-state index in [1.54, 1.807) is 12.1 Å². The van der Waals surface area contributed by atoms with Crippen LogP contribution in [0.2, 0.25) is 0 Å². The van der Waals surface area contributed by atoms with Crippen molar-refractivity contribution < 1.29 is 0 Å². The molecule has 0 fully saturated rings. The summed E-state index contributed by atoms with van der Waals surface area (Å²) in [5, 5.41) is 7.57. The van der Waals surface area contributed by atoms with E-state index in [-0.39, 0.29) is 5.71 Å². The van der Waals surface area contributed by atoms with Crippen molar-refractivity contribution in [1.82, 2.24) is 0 Å². The number of nitrogens with one attached hydrogen (secondary N) is 1. The van der Waals surface area contributed by atoms with Gasteiger partial charge in [0.25, 0.3) is 0 Å². The molecule has 0 aromatic heterocycles. The van der Waals surface area contributed by atoms with Gasteiger partial charge in [0.1, 0.15) is 0 Å². The fraction of sp³-hybridized carbons (Fsp3) is 0. The average Bonchev–Trinajstić information content (AvgIpc) is 2.04. The topological polar surface area (TPSA) is 49.9 Å². The summed E-state index contributed by atoms with van der Waals surface area (Å²) >= 11 is 3.98. The summed E-state index contributed by atoms with van der Waals surface area (Å²) in [7, 11) is 0. The number of para-hydroxylation sites is 1. The minimum absolute atomic E-state index is 0.274. The van der Waals surface area contributed by atoms with E-state index in [1.165, 1.54) is 0 Å². The highest BCUT2D eigenvalue weighted by Crippen LogP contribution is 2.15. The summed E-state index contributed by atoms with van der Waals surface area (Å²) in [6.07, 6.45) is 0. The molecule has 2 nitrogen and oxygen atoms in total. The van der Waals surface area contributed by atoms with Gasteiger partial charge in [-0.15, -0.1) is 12.6 Å². The number of rotatable bonds is 2. The van der Waals surface area contributed by atoms with Crippen LogP contribution in [0, 0.1) is 5.41 Å². The Kier molecular flexibility index (Phi) is 2.55. The third-order valence-corrected chi connectivity index (χ3v) is 1.74. The predicted molar refractivity (Wildman–Crippen MR) is 55.8 cm³/mol. The molecular formula is C9H10N2S. The van der Waals surface area contributed by atoms with Crippen LogP contribution in [0.15, 0.2) is 35.7 Å². The van der Waals surface area contributed by atoms with Crippen LogP contribution in [-0.2, 0) is 0 Å². The number of hydrogen-bond acceptors (Lipinski definition) is 3. The van der Waals surface area contributed by atoms with Crippen LogP contribution in [-0.4, -0.2) is 5.71 Å². The van der Waals surface area contributed by atoms with E-state index in [4.69, 9.17) is 11.1 Å². The second-order valence-corrected chi connectivity index (χ2v) is 2.95. The predicted octanol–water partition coefficient (Wildman–Crippen LogP) is 2.08. The van der Waals surface area contributed by atoms with Crippen molar-refractivity contribution in [3.05, 3.63) is 41.3 Å². The third-order valence-electron chi connectivity index (χ3n) is 1.52. The largest absolute Gasteiger partial charge is 0.398 e. The number of hydrogen-bond donors (Lipinski definition) is 3. The molecule has 3 N–H and O–H groups in total. The van der Waals surface area contributed by atoms with Gasteiger partial charge < -0.3 is 5.73 Å². The first kappa shape index (κ1) is 8.87. The van der Waals surface area contributed by atoms with Crippen molar-refractivity contribution in [2.24, 2.45) is 0 Å². The summed E-state index contributed by atoms with van der Waals surface area (Å²) in [5.74, 6) is 0. The van der Waals surface area contributed by atoms with Gasteiger partial charge >= 0.3 is 0 Å². The van der Waals surface area contributed by atoms with Crippen LogP contribution in [0.1, 0.15) is 5.56 Å². The van der Waals surface area contributed by atoms with Crippen LogP contribution >= 0.6 is 12.6 Å². The van der Waals surface area contributed by atoms with Crippen LogP contribution in [0.3, 0.4) is 0 Å². The lowest BCUT2D eigenvalue weighted by atomic mass is 10.1. The molecule has 0 unspecified atom stereocenters. The van der Waals surface area contributed by atoms with Gasteiger partial charge in [-0.1, -0.05) is 24.8 Å². The average molecular weight is 178 g/mol. The zero-order chi connectivity index (χ0) is 9.14. The summed E-state index contributed by atoms with van der Waals surface area (Å²) in [5.41, 5.74) is 7.18. The van der Waals surface area contributed by atoms with Crippen LogP contribution in [0.25, 0.3) is 0 Å². The van der Waals surface area contributed by atoms with E-state index < -0.39 is 0 Å². The van der Waals surface area contributed by atoms with Gasteiger partial charge in [0.15, 0.2) is 0 Å². The van der Waals surface area contributed by atoms with Gasteiger partial charge in [0.2, 0.25) is 0 Å². The summed E-state index contributed by atoms with van der Waals surface area (Å²) in [6, 6.07) is 7.18. The van der Waals surface area contributed by atoms with Gasteiger partial charge in [0.05, 0.1) is 5.71 Å². The van der Waals surface area contributed by atoms with Crippen LogP contribution in [0.4, 0.5) is 5.69 Å². The van der Waals surface area contributed by atoms with Gasteiger partial charge in [-0.3, -0.25) is 5.41 Å². The lowest BCUT2D eigenvalue weighted by Gasteiger charge is -2.04. The Bertz CT molecular complexity index is 331. The lowest BCUT2D eigenvalue weighted by molar-refractivity contribution is 1.49. The molecule has 0 atom stereocenters. The quantitative estimate of drug-likeness (QED) is 0.362. The number of benzene rings is 1. The monoisotopic (exact) mass is 178 g/mol. The minimum Gasteiger partial charge on any atom is -0.398 e. The minimum atomic E-state index is 0.274. The fourth-order valence-electron chi connectivity index (χ4n) is 0.880. The summed E-state index contributed by atoms with van der Waals surface area (Å²) in [4.78, 5) is 0.424. The van der Waals surface area contributed by atoms with E-state index in [1.807, 2.05) is 12.1 Å². The van der Waals surface area contributed by atoms with Gasteiger partial charge in [-0.25, -0.2) is 0 Å². The van der Waals surface area contributed by atoms with Crippen molar-refractivity contribution in [3.63, 3.8) is 0 Å².